The van der Waals surface area contributed by atoms with Gasteiger partial charge in [0.15, 0.2) is 10.8 Å². The lowest BCUT2D eigenvalue weighted by molar-refractivity contribution is 0.102. The highest BCUT2D eigenvalue weighted by atomic mass is 32.2. The van der Waals surface area contributed by atoms with Crippen molar-refractivity contribution in [2.24, 2.45) is 5.92 Å². The van der Waals surface area contributed by atoms with E-state index in [0.29, 0.717) is 43.1 Å². The van der Waals surface area contributed by atoms with Gasteiger partial charge in [-0.15, -0.1) is 0 Å². The van der Waals surface area contributed by atoms with Crippen molar-refractivity contribution < 1.29 is 22.7 Å². The molecule has 208 valence electrons. The fourth-order valence-corrected chi connectivity index (χ4v) is 6.17. The number of nitrogens with zero attached hydrogens (tertiary/aromatic N) is 4. The van der Waals surface area contributed by atoms with Crippen molar-refractivity contribution >= 4 is 27.3 Å². The Kier molecular flexibility index (Phi) is 8.22. The number of rotatable bonds is 10. The molecule has 4 rings (SSSR count). The smallest absolute Gasteiger partial charge is 0.216 e. The van der Waals surface area contributed by atoms with Gasteiger partial charge >= 0.3 is 0 Å². The van der Waals surface area contributed by atoms with Crippen LogP contribution in [0.5, 0.6) is 5.88 Å². The normalized spacial score (nSPS) is 16.8. The van der Waals surface area contributed by atoms with Crippen LogP contribution in [0.3, 0.4) is 0 Å². The van der Waals surface area contributed by atoms with Gasteiger partial charge in [0.05, 0.1) is 17.9 Å². The van der Waals surface area contributed by atoms with Crippen molar-refractivity contribution in [2.45, 2.75) is 44.7 Å². The second-order valence-corrected chi connectivity index (χ2v) is 12.5. The fraction of sp³-hybridized carbons (Fsp3) is 0.429. The first-order valence-electron chi connectivity index (χ1n) is 12.8. The third-order valence-corrected chi connectivity index (χ3v) is 8.25. The van der Waals surface area contributed by atoms with E-state index in [0.717, 1.165) is 17.5 Å². The Hall–Kier alpha value is -3.57. The van der Waals surface area contributed by atoms with Gasteiger partial charge in [-0.1, -0.05) is 13.0 Å². The monoisotopic (exact) mass is 553 g/mol. The molecule has 11 heteroatoms. The van der Waals surface area contributed by atoms with E-state index in [2.05, 4.69) is 35.6 Å². The zero-order valence-electron chi connectivity index (χ0n) is 23.0. The number of carbonyl (C=O) groups excluding carboxylic acids is 1. The average Bonchev–Trinajstić information content (AvgIpc) is 3.16. The summed E-state index contributed by atoms with van der Waals surface area (Å²) in [4.78, 5) is 28.9. The Morgan fingerprint density at radius 2 is 1.95 bits per heavy atom. The summed E-state index contributed by atoms with van der Waals surface area (Å²) < 4.78 is 36.8. The van der Waals surface area contributed by atoms with Crippen LogP contribution in [0, 0.1) is 12.8 Å². The number of nitrogen functional groups attached to an aromatic ring is 1. The fourth-order valence-electron chi connectivity index (χ4n) is 5.00. The lowest BCUT2D eigenvalue weighted by atomic mass is 9.97. The van der Waals surface area contributed by atoms with Crippen LogP contribution in [-0.2, 0) is 14.6 Å². The van der Waals surface area contributed by atoms with Gasteiger partial charge in [0, 0.05) is 36.5 Å². The van der Waals surface area contributed by atoms with Gasteiger partial charge in [-0.2, -0.15) is 0 Å². The van der Waals surface area contributed by atoms with Crippen LogP contribution in [0.25, 0.3) is 11.3 Å². The van der Waals surface area contributed by atoms with Gasteiger partial charge in [0.1, 0.15) is 24.0 Å². The van der Waals surface area contributed by atoms with E-state index in [4.69, 9.17) is 20.2 Å². The van der Waals surface area contributed by atoms with Gasteiger partial charge in [0.2, 0.25) is 15.7 Å². The summed E-state index contributed by atoms with van der Waals surface area (Å²) in [6, 6.07) is 9.63. The van der Waals surface area contributed by atoms with E-state index in [-0.39, 0.29) is 21.9 Å². The second-order valence-electron chi connectivity index (χ2n) is 10.6. The molecule has 1 atom stereocenters. The maximum atomic E-state index is 13.5. The number of Topliss-reactive ketones (excluding diaryl/α,β-unsaturated/α-hetero) is 1. The molecule has 39 heavy (non-hydrogen) atoms. The summed E-state index contributed by atoms with van der Waals surface area (Å²) in [5, 5.41) is -0.230. The Balaban J connectivity index is 1.72. The van der Waals surface area contributed by atoms with Crippen molar-refractivity contribution in [3.8, 4) is 17.1 Å². The quantitative estimate of drug-likeness (QED) is 0.292. The zero-order valence-corrected chi connectivity index (χ0v) is 23.8. The van der Waals surface area contributed by atoms with E-state index >= 15 is 0 Å². The van der Waals surface area contributed by atoms with Crippen molar-refractivity contribution in [1.29, 1.82) is 0 Å². The summed E-state index contributed by atoms with van der Waals surface area (Å²) in [6.45, 7) is 9.79. The number of hydrogen-bond donors (Lipinski definition) is 1. The highest BCUT2D eigenvalue weighted by Gasteiger charge is 2.39. The van der Waals surface area contributed by atoms with Gasteiger partial charge < -0.3 is 20.1 Å². The third kappa shape index (κ3) is 6.36. The molecule has 0 aromatic carbocycles. The van der Waals surface area contributed by atoms with E-state index in [1.54, 1.807) is 25.4 Å². The number of methoxy groups -OCH3 is 1. The molecule has 2 N–H and O–H groups in total. The highest BCUT2D eigenvalue weighted by Crippen LogP contribution is 2.38. The van der Waals surface area contributed by atoms with Crippen molar-refractivity contribution in [3.63, 3.8) is 0 Å². The Bertz CT molecular complexity index is 1470. The van der Waals surface area contributed by atoms with Gasteiger partial charge in [-0.3, -0.25) is 4.79 Å². The summed E-state index contributed by atoms with van der Waals surface area (Å²) in [6.07, 6.45) is 2.59. The molecule has 10 nitrogen and oxygen atoms in total. The van der Waals surface area contributed by atoms with Crippen molar-refractivity contribution in [3.05, 3.63) is 53.7 Å². The Labute approximate surface area is 229 Å². The minimum absolute atomic E-state index is 0.0713. The van der Waals surface area contributed by atoms with Crippen LogP contribution in [0.2, 0.25) is 0 Å². The van der Waals surface area contributed by atoms with Crippen LogP contribution in [-0.4, -0.2) is 67.3 Å². The number of sulfone groups is 1. The predicted octanol–water partition coefficient (Wildman–Crippen LogP) is 3.74. The lowest BCUT2D eigenvalue weighted by Gasteiger charge is -2.34. The molecule has 0 saturated carbocycles. The van der Waals surface area contributed by atoms with Gasteiger partial charge in [-0.05, 0) is 63.4 Å². The molecule has 0 spiro atoms. The average molecular weight is 554 g/mol. The largest absolute Gasteiger partial charge is 0.475 e. The molecule has 1 saturated heterocycles. The number of ketones is 1. The molecule has 3 aromatic rings. The molecule has 1 fully saturated rings. The third-order valence-electron chi connectivity index (χ3n) is 6.74. The molecule has 0 bridgehead atoms. The number of anilines is 2. The molecule has 1 aliphatic rings. The molecule has 1 aliphatic heterocycles. The standard InChI is InChI=1S/C28H35N5O5S/c1-18-14-28(3,4)33(16-18)26-21(23(34)17-39(35,36)25-8-6-7-24(29)32-25)9-10-22(31-26)20-13-19(2)27(30-15-20)38-12-11-37-5/h6-10,13,15,18H,11-12,14,16-17H2,1-5H3,(H2,29,32)/t18-/m0/s1. The topological polar surface area (TPSA) is 138 Å². The van der Waals surface area contributed by atoms with Crippen LogP contribution in [0.15, 0.2) is 47.6 Å². The SMILES string of the molecule is COCCOc1ncc(-c2ccc(C(=O)CS(=O)(=O)c3cccc(N)n3)c(N3C[C@@H](C)CC3(C)C)n2)cc1C. The summed E-state index contributed by atoms with van der Waals surface area (Å²) >= 11 is 0. The van der Waals surface area contributed by atoms with Crippen LogP contribution < -0.4 is 15.4 Å². The molecule has 0 amide bonds. The van der Waals surface area contributed by atoms with Crippen molar-refractivity contribution in [2.75, 3.05) is 43.3 Å². The molecule has 3 aromatic heterocycles. The first-order chi connectivity index (χ1) is 18.4. The highest BCUT2D eigenvalue weighted by molar-refractivity contribution is 7.92. The number of nitrogens with two attached hydrogens (primary N) is 1. The van der Waals surface area contributed by atoms with Crippen LogP contribution in [0.1, 0.15) is 43.1 Å². The molecular weight excluding hydrogens is 518 g/mol. The summed E-state index contributed by atoms with van der Waals surface area (Å²) in [7, 11) is -2.40. The number of aryl methyl sites for hydroxylation is 1. The summed E-state index contributed by atoms with van der Waals surface area (Å²) in [5.74, 6) is 0.122. The molecule has 0 unspecified atom stereocenters. The number of pyridine rings is 3. The maximum absolute atomic E-state index is 13.5. The minimum Gasteiger partial charge on any atom is -0.475 e. The maximum Gasteiger partial charge on any atom is 0.216 e. The number of aromatic nitrogens is 3. The minimum atomic E-state index is -4.01. The lowest BCUT2D eigenvalue weighted by Crippen LogP contribution is -2.40. The first-order valence-corrected chi connectivity index (χ1v) is 14.4. The Morgan fingerprint density at radius 1 is 1.18 bits per heavy atom. The predicted molar refractivity (Wildman–Crippen MR) is 150 cm³/mol. The van der Waals surface area contributed by atoms with Crippen LogP contribution in [0.4, 0.5) is 11.6 Å². The number of hydrogen-bond acceptors (Lipinski definition) is 10. The van der Waals surface area contributed by atoms with E-state index in [1.165, 1.54) is 18.2 Å². The second kappa shape index (κ2) is 11.3. The van der Waals surface area contributed by atoms with Crippen molar-refractivity contribution in [1.82, 2.24) is 15.0 Å². The molecular formula is C28H35N5O5S. The van der Waals surface area contributed by atoms with Gasteiger partial charge in [0.25, 0.3) is 0 Å². The van der Waals surface area contributed by atoms with E-state index in [1.807, 2.05) is 13.0 Å². The number of ether oxygens (including phenoxy) is 2. The zero-order chi connectivity index (χ0) is 28.4. The first kappa shape index (κ1) is 28.4. The van der Waals surface area contributed by atoms with E-state index < -0.39 is 21.4 Å². The van der Waals surface area contributed by atoms with E-state index in [9.17, 15) is 13.2 Å². The Morgan fingerprint density at radius 3 is 2.59 bits per heavy atom. The molecule has 4 heterocycles. The summed E-state index contributed by atoms with van der Waals surface area (Å²) in [5.41, 5.74) is 7.86. The molecule has 0 radical (unpaired) electrons. The van der Waals surface area contributed by atoms with Gasteiger partial charge in [-0.25, -0.2) is 23.4 Å². The van der Waals surface area contributed by atoms with Crippen LogP contribution >= 0.6 is 0 Å². The number of carbonyl (C=O) groups is 1. The molecule has 0 aliphatic carbocycles.